The molecule has 4 rings (SSSR count). The molecule has 0 unspecified atom stereocenters. The molecule has 1 N–H and O–H groups in total. The van der Waals surface area contributed by atoms with E-state index >= 15 is 0 Å². The van der Waals surface area contributed by atoms with Crippen LogP contribution in [-0.2, 0) is 22.7 Å². The van der Waals surface area contributed by atoms with Gasteiger partial charge in [0.15, 0.2) is 0 Å². The molecular weight excluding hydrogens is 563 g/mol. The molecular formula is C24H17BrCl2N2O6. The number of amides is 3. The largest absolute Gasteiger partial charge is 0.487 e. The average molecular weight is 580 g/mol. The third-order valence-electron chi connectivity index (χ3n) is 4.99. The average Bonchev–Trinajstić information content (AvgIpc) is 3.39. The smallest absolute Gasteiger partial charge is 0.373 e. The molecule has 11 heteroatoms. The first-order valence-electron chi connectivity index (χ1n) is 10.1. The van der Waals surface area contributed by atoms with E-state index in [2.05, 4.69) is 26.0 Å². The minimum absolute atomic E-state index is 0.0199. The maximum atomic E-state index is 13.0. The molecule has 1 aliphatic heterocycles. The lowest BCUT2D eigenvalue weighted by molar-refractivity contribution is -0.123. The van der Waals surface area contributed by atoms with Crippen molar-refractivity contribution in [1.29, 1.82) is 0 Å². The Morgan fingerprint density at radius 2 is 1.94 bits per heavy atom. The summed E-state index contributed by atoms with van der Waals surface area (Å²) in [6, 6.07) is 12.8. The van der Waals surface area contributed by atoms with Gasteiger partial charge in [-0.2, -0.15) is 0 Å². The van der Waals surface area contributed by atoms with Crippen LogP contribution in [0.2, 0.25) is 10.0 Å². The maximum absolute atomic E-state index is 13.0. The molecule has 0 atom stereocenters. The number of ether oxygens (including phenoxy) is 2. The predicted molar refractivity (Wildman–Crippen MR) is 132 cm³/mol. The van der Waals surface area contributed by atoms with Crippen molar-refractivity contribution in [2.75, 3.05) is 7.11 Å². The third kappa shape index (κ3) is 5.53. The van der Waals surface area contributed by atoms with Gasteiger partial charge in [0, 0.05) is 21.2 Å². The van der Waals surface area contributed by atoms with Crippen LogP contribution in [-0.4, -0.2) is 29.9 Å². The molecule has 3 aromatic rings. The van der Waals surface area contributed by atoms with Gasteiger partial charge < -0.3 is 19.2 Å². The molecule has 0 spiro atoms. The lowest BCUT2D eigenvalue weighted by atomic mass is 10.1. The summed E-state index contributed by atoms with van der Waals surface area (Å²) in [5.41, 5.74) is 1.26. The van der Waals surface area contributed by atoms with Gasteiger partial charge in [-0.15, -0.1) is 0 Å². The molecule has 1 aromatic heterocycles. The van der Waals surface area contributed by atoms with Gasteiger partial charge in [0.2, 0.25) is 5.76 Å². The summed E-state index contributed by atoms with van der Waals surface area (Å²) in [5.74, 6) is -0.626. The molecule has 35 heavy (non-hydrogen) atoms. The van der Waals surface area contributed by atoms with Crippen molar-refractivity contribution in [3.05, 3.63) is 91.4 Å². The van der Waals surface area contributed by atoms with E-state index in [0.29, 0.717) is 25.8 Å². The fraction of sp³-hybridized carbons (Fsp3) is 0.125. The summed E-state index contributed by atoms with van der Waals surface area (Å²) < 4.78 is 16.5. The van der Waals surface area contributed by atoms with Gasteiger partial charge in [-0.1, -0.05) is 41.4 Å². The van der Waals surface area contributed by atoms with Gasteiger partial charge in [-0.05, 0) is 52.3 Å². The normalized spacial score (nSPS) is 14.4. The summed E-state index contributed by atoms with van der Waals surface area (Å²) in [6.07, 6.45) is 1.47. The van der Waals surface area contributed by atoms with E-state index in [-0.39, 0.29) is 30.4 Å². The molecule has 8 nitrogen and oxygen atoms in total. The lowest BCUT2D eigenvalue weighted by Gasteiger charge is -2.13. The van der Waals surface area contributed by atoms with E-state index in [0.717, 1.165) is 10.5 Å². The minimum atomic E-state index is -0.662. The number of imide groups is 1. The molecule has 0 saturated carbocycles. The number of urea groups is 1. The highest BCUT2D eigenvalue weighted by Crippen LogP contribution is 2.35. The number of benzene rings is 2. The van der Waals surface area contributed by atoms with E-state index in [1.54, 1.807) is 18.2 Å². The van der Waals surface area contributed by atoms with Gasteiger partial charge in [-0.25, -0.2) is 9.59 Å². The Hall–Kier alpha value is -3.27. The number of carbonyl (C=O) groups is 3. The molecule has 0 bridgehead atoms. The zero-order chi connectivity index (χ0) is 25.1. The zero-order valence-electron chi connectivity index (χ0n) is 18.1. The van der Waals surface area contributed by atoms with Gasteiger partial charge in [0.25, 0.3) is 5.91 Å². The first-order chi connectivity index (χ1) is 16.8. The number of esters is 1. The summed E-state index contributed by atoms with van der Waals surface area (Å²) in [5, 5.41) is 3.49. The number of methoxy groups -OCH3 is 1. The second-order valence-electron chi connectivity index (χ2n) is 7.32. The molecule has 0 radical (unpaired) electrons. The number of carbonyl (C=O) groups excluding carboxylic acids is 3. The lowest BCUT2D eigenvalue weighted by Crippen LogP contribution is -2.30. The number of rotatable bonds is 7. The minimum Gasteiger partial charge on any atom is -0.487 e. The number of halogens is 3. The van der Waals surface area contributed by atoms with Crippen LogP contribution in [0, 0.1) is 0 Å². The molecule has 2 aromatic carbocycles. The van der Waals surface area contributed by atoms with Crippen LogP contribution in [0.4, 0.5) is 4.79 Å². The Labute approximate surface area is 218 Å². The number of nitrogens with zero attached hydrogens (tertiary/aromatic N) is 1. The summed E-state index contributed by atoms with van der Waals surface area (Å²) in [4.78, 5) is 38.0. The Kier molecular flexibility index (Phi) is 7.49. The van der Waals surface area contributed by atoms with E-state index in [9.17, 15) is 14.4 Å². The molecule has 0 aliphatic carbocycles. The Bertz CT molecular complexity index is 1350. The standard InChI is InChI=1S/C24H17BrCl2N2O6/c1-33-23(31)20-7-6-16(35-20)11-29-22(30)19(28-24(29)32)9-14-8-15(26)10-17(25)21(14)34-12-13-4-2-3-5-18(13)27/h2-10H,11-12H2,1H3,(H,28,32)/b19-9-. The van der Waals surface area contributed by atoms with E-state index in [4.69, 9.17) is 32.4 Å². The summed E-state index contributed by atoms with van der Waals surface area (Å²) in [6.45, 7) is -0.00235. The fourth-order valence-electron chi connectivity index (χ4n) is 3.30. The van der Waals surface area contributed by atoms with Crippen LogP contribution < -0.4 is 10.1 Å². The zero-order valence-corrected chi connectivity index (χ0v) is 21.2. The highest BCUT2D eigenvalue weighted by atomic mass is 79.9. The van der Waals surface area contributed by atoms with Crippen LogP contribution >= 0.6 is 39.1 Å². The third-order valence-corrected chi connectivity index (χ3v) is 6.17. The Morgan fingerprint density at radius 1 is 1.17 bits per heavy atom. The molecule has 1 aliphatic rings. The first kappa shape index (κ1) is 24.8. The van der Waals surface area contributed by atoms with Crippen LogP contribution in [0.25, 0.3) is 6.08 Å². The topological polar surface area (TPSA) is 98.1 Å². The van der Waals surface area contributed by atoms with Crippen LogP contribution in [0.1, 0.15) is 27.4 Å². The molecule has 2 heterocycles. The second kappa shape index (κ2) is 10.6. The number of hydrogen-bond acceptors (Lipinski definition) is 6. The Morgan fingerprint density at radius 3 is 2.69 bits per heavy atom. The maximum Gasteiger partial charge on any atom is 0.373 e. The van der Waals surface area contributed by atoms with Gasteiger partial charge >= 0.3 is 12.0 Å². The number of nitrogens with one attached hydrogen (secondary N) is 1. The number of furan rings is 1. The van der Waals surface area contributed by atoms with E-state index in [1.165, 1.54) is 25.3 Å². The van der Waals surface area contributed by atoms with Crippen LogP contribution in [0.15, 0.2) is 63.1 Å². The molecule has 1 saturated heterocycles. The van der Waals surface area contributed by atoms with Crippen LogP contribution in [0.3, 0.4) is 0 Å². The van der Waals surface area contributed by atoms with Crippen molar-refractivity contribution < 1.29 is 28.3 Å². The first-order valence-corrected chi connectivity index (χ1v) is 11.7. The highest BCUT2D eigenvalue weighted by Gasteiger charge is 2.34. The Balaban J connectivity index is 1.57. The highest BCUT2D eigenvalue weighted by molar-refractivity contribution is 9.10. The van der Waals surface area contributed by atoms with Gasteiger partial charge in [0.1, 0.15) is 23.8 Å². The predicted octanol–water partition coefficient (Wildman–Crippen LogP) is 5.81. The SMILES string of the molecule is COC(=O)c1ccc(CN2C(=O)N/C(=C\c3cc(Cl)cc(Br)c3OCc3ccccc3Cl)C2=O)o1. The molecule has 180 valence electrons. The summed E-state index contributed by atoms with van der Waals surface area (Å²) >= 11 is 15.9. The van der Waals surface area contributed by atoms with E-state index < -0.39 is 17.9 Å². The van der Waals surface area contributed by atoms with Crippen molar-refractivity contribution in [1.82, 2.24) is 10.2 Å². The van der Waals surface area contributed by atoms with Gasteiger partial charge in [-0.3, -0.25) is 9.69 Å². The van der Waals surface area contributed by atoms with Crippen LogP contribution in [0.5, 0.6) is 5.75 Å². The molecule has 3 amide bonds. The van der Waals surface area contributed by atoms with Crippen molar-refractivity contribution in [2.24, 2.45) is 0 Å². The van der Waals surface area contributed by atoms with Crippen molar-refractivity contribution >= 4 is 63.1 Å². The fourth-order valence-corrected chi connectivity index (χ4v) is 4.44. The monoisotopic (exact) mass is 578 g/mol. The van der Waals surface area contributed by atoms with Crippen molar-refractivity contribution in [2.45, 2.75) is 13.2 Å². The van der Waals surface area contributed by atoms with E-state index in [1.807, 2.05) is 18.2 Å². The number of hydrogen-bond donors (Lipinski definition) is 1. The molecule has 1 fully saturated rings. The summed E-state index contributed by atoms with van der Waals surface area (Å²) in [7, 11) is 1.22. The van der Waals surface area contributed by atoms with Crippen molar-refractivity contribution in [3.63, 3.8) is 0 Å². The second-order valence-corrected chi connectivity index (χ2v) is 9.02. The van der Waals surface area contributed by atoms with Gasteiger partial charge in [0.05, 0.1) is 18.1 Å². The van der Waals surface area contributed by atoms with Crippen molar-refractivity contribution in [3.8, 4) is 5.75 Å². The quantitative estimate of drug-likeness (QED) is 0.215.